The van der Waals surface area contributed by atoms with E-state index < -0.39 is 29.6 Å². The Hall–Kier alpha value is -4.13. The van der Waals surface area contributed by atoms with Gasteiger partial charge in [0.2, 0.25) is 5.76 Å². The first kappa shape index (κ1) is 28.4. The first-order chi connectivity index (χ1) is 19.6. The van der Waals surface area contributed by atoms with Crippen molar-refractivity contribution in [2.45, 2.75) is 32.0 Å². The predicted molar refractivity (Wildman–Crippen MR) is 145 cm³/mol. The number of aromatic nitrogens is 2. The zero-order chi connectivity index (χ0) is 29.1. The van der Waals surface area contributed by atoms with Gasteiger partial charge in [-0.2, -0.15) is 18.2 Å². The fourth-order valence-electron chi connectivity index (χ4n) is 5.09. The molecule has 0 radical (unpaired) electrons. The minimum atomic E-state index is -4.86. The average molecular weight is 573 g/mol. The number of rotatable bonds is 6. The number of piperazine rings is 1. The van der Waals surface area contributed by atoms with Crippen LogP contribution in [-0.2, 0) is 11.0 Å². The van der Waals surface area contributed by atoms with Gasteiger partial charge in [-0.05, 0) is 36.5 Å². The van der Waals surface area contributed by atoms with Crippen LogP contribution in [0, 0.1) is 5.92 Å². The van der Waals surface area contributed by atoms with Gasteiger partial charge in [0.05, 0.1) is 11.9 Å². The van der Waals surface area contributed by atoms with E-state index in [2.05, 4.69) is 15.3 Å². The van der Waals surface area contributed by atoms with Crippen molar-refractivity contribution in [1.29, 1.82) is 0 Å². The lowest BCUT2D eigenvalue weighted by molar-refractivity contribution is -0.142. The van der Waals surface area contributed by atoms with E-state index in [1.807, 2.05) is 17.9 Å². The molecule has 4 heterocycles. The summed E-state index contributed by atoms with van der Waals surface area (Å²) in [5.41, 5.74) is -0.641. The highest BCUT2D eigenvalue weighted by Crippen LogP contribution is 2.35. The van der Waals surface area contributed by atoms with E-state index in [-0.39, 0.29) is 23.5 Å². The molecule has 2 aliphatic rings. The molecule has 2 aromatic heterocycles. The van der Waals surface area contributed by atoms with Gasteiger partial charge < -0.3 is 29.5 Å². The van der Waals surface area contributed by atoms with E-state index in [0.717, 1.165) is 12.8 Å². The molecule has 3 aromatic rings. The lowest BCUT2D eigenvalue weighted by Crippen LogP contribution is -2.50. The van der Waals surface area contributed by atoms with Gasteiger partial charge in [-0.15, -0.1) is 0 Å². The van der Waals surface area contributed by atoms with Crippen LogP contribution >= 0.6 is 0 Å². The van der Waals surface area contributed by atoms with Gasteiger partial charge in [-0.1, -0.05) is 37.3 Å². The Bertz CT molecular complexity index is 1360. The zero-order valence-electron chi connectivity index (χ0n) is 22.5. The minimum absolute atomic E-state index is 0.191. The number of nitrogens with zero attached hydrogens (tertiary/aromatic N) is 5. The minimum Gasteiger partial charge on any atom is -0.417 e. The standard InChI is InChI=1S/C28H31F3N6O4/c1-18-6-5-11-37(17-18)27-34-24(28(29,30)31)23(41-27)25(39)33-20-9-10-21(32-16-20)35-12-14-36(15-13-35)26(40)22(38)19-7-3-2-4-8-19/h2-4,7-10,16,18,22,38H,5-6,11-15,17H2,1H3,(H,33,39)/t18?,22-/m1/s1. The quantitative estimate of drug-likeness (QED) is 0.456. The molecule has 2 amide bonds. The Balaban J connectivity index is 1.20. The van der Waals surface area contributed by atoms with Crippen molar-refractivity contribution in [3.05, 3.63) is 65.7 Å². The van der Waals surface area contributed by atoms with Crippen molar-refractivity contribution < 1.29 is 32.3 Å². The molecule has 218 valence electrons. The highest BCUT2D eigenvalue weighted by molar-refractivity contribution is 6.03. The first-order valence-electron chi connectivity index (χ1n) is 13.5. The number of aliphatic hydroxyl groups excluding tert-OH is 1. The van der Waals surface area contributed by atoms with Gasteiger partial charge in [-0.3, -0.25) is 9.59 Å². The summed E-state index contributed by atoms with van der Waals surface area (Å²) < 4.78 is 46.4. The molecule has 13 heteroatoms. The van der Waals surface area contributed by atoms with E-state index >= 15 is 0 Å². The van der Waals surface area contributed by atoms with Gasteiger partial charge >= 0.3 is 6.18 Å². The first-order valence-corrected chi connectivity index (χ1v) is 13.5. The molecule has 2 fully saturated rings. The summed E-state index contributed by atoms with van der Waals surface area (Å²) in [5, 5.41) is 12.8. The van der Waals surface area contributed by atoms with Gasteiger partial charge in [0, 0.05) is 39.3 Å². The van der Waals surface area contributed by atoms with Crippen molar-refractivity contribution >= 4 is 29.3 Å². The Morgan fingerprint density at radius 2 is 1.78 bits per heavy atom. The molecule has 2 N–H and O–H groups in total. The third-order valence-electron chi connectivity index (χ3n) is 7.29. The number of piperidine rings is 1. The van der Waals surface area contributed by atoms with Gasteiger partial charge in [-0.25, -0.2) is 4.98 Å². The molecule has 0 bridgehead atoms. The molecular formula is C28H31F3N6O4. The van der Waals surface area contributed by atoms with Gasteiger partial charge in [0.25, 0.3) is 17.8 Å². The molecule has 2 atom stereocenters. The largest absolute Gasteiger partial charge is 0.437 e. The molecule has 2 saturated heterocycles. The Morgan fingerprint density at radius 1 is 1.05 bits per heavy atom. The number of alkyl halides is 3. The van der Waals surface area contributed by atoms with Crippen molar-refractivity contribution in [1.82, 2.24) is 14.9 Å². The second kappa shape index (κ2) is 11.8. The number of carbonyl (C=O) groups excluding carboxylic acids is 2. The van der Waals surface area contributed by atoms with Crippen LogP contribution < -0.4 is 15.1 Å². The number of anilines is 3. The fourth-order valence-corrected chi connectivity index (χ4v) is 5.09. The Morgan fingerprint density at radius 3 is 2.41 bits per heavy atom. The molecular weight excluding hydrogens is 541 g/mol. The smallest absolute Gasteiger partial charge is 0.417 e. The lowest BCUT2D eigenvalue weighted by Gasteiger charge is -2.36. The van der Waals surface area contributed by atoms with Crippen LogP contribution in [0.3, 0.4) is 0 Å². The third kappa shape index (κ3) is 6.45. The maximum Gasteiger partial charge on any atom is 0.437 e. The Kier molecular flexibility index (Phi) is 8.15. The predicted octanol–water partition coefficient (Wildman–Crippen LogP) is 3.96. The number of benzene rings is 1. The number of halogens is 3. The van der Waals surface area contributed by atoms with Gasteiger partial charge in [0.15, 0.2) is 11.8 Å². The number of oxazole rings is 1. The number of nitrogens with one attached hydrogen (secondary N) is 1. The summed E-state index contributed by atoms with van der Waals surface area (Å²) in [5.74, 6) is -1.48. The fraction of sp³-hybridized carbons (Fsp3) is 0.429. The summed E-state index contributed by atoms with van der Waals surface area (Å²) in [4.78, 5) is 38.7. The summed E-state index contributed by atoms with van der Waals surface area (Å²) in [6.07, 6.45) is -2.99. The van der Waals surface area contributed by atoms with Crippen LogP contribution in [0.4, 0.5) is 30.7 Å². The van der Waals surface area contributed by atoms with Crippen LogP contribution in [0.25, 0.3) is 0 Å². The summed E-state index contributed by atoms with van der Waals surface area (Å²) >= 11 is 0. The Labute approximate surface area is 234 Å². The molecule has 5 rings (SSSR count). The molecule has 41 heavy (non-hydrogen) atoms. The monoisotopic (exact) mass is 572 g/mol. The highest BCUT2D eigenvalue weighted by Gasteiger charge is 2.42. The number of aliphatic hydroxyl groups is 1. The van der Waals surface area contributed by atoms with Crippen LogP contribution in [0.2, 0.25) is 0 Å². The number of carbonyl (C=O) groups is 2. The summed E-state index contributed by atoms with van der Waals surface area (Å²) in [6, 6.07) is 11.7. The second-order valence-corrected chi connectivity index (χ2v) is 10.4. The molecule has 0 spiro atoms. The highest BCUT2D eigenvalue weighted by atomic mass is 19.4. The zero-order valence-corrected chi connectivity index (χ0v) is 22.5. The van der Waals surface area contributed by atoms with Crippen molar-refractivity contribution in [2.75, 3.05) is 54.4 Å². The van der Waals surface area contributed by atoms with Crippen LogP contribution in [0.5, 0.6) is 0 Å². The van der Waals surface area contributed by atoms with E-state index in [4.69, 9.17) is 4.42 Å². The van der Waals surface area contributed by atoms with E-state index in [0.29, 0.717) is 50.6 Å². The van der Waals surface area contributed by atoms with E-state index in [1.165, 1.54) is 12.3 Å². The van der Waals surface area contributed by atoms with Crippen LogP contribution in [0.15, 0.2) is 53.1 Å². The van der Waals surface area contributed by atoms with Crippen LogP contribution in [0.1, 0.15) is 47.7 Å². The average Bonchev–Trinajstić information content (AvgIpc) is 3.44. The maximum atomic E-state index is 13.7. The number of pyridine rings is 1. The second-order valence-electron chi connectivity index (χ2n) is 10.4. The molecule has 2 aliphatic heterocycles. The maximum absolute atomic E-state index is 13.7. The number of hydrogen-bond donors (Lipinski definition) is 2. The lowest BCUT2D eigenvalue weighted by atomic mass is 10.0. The van der Waals surface area contributed by atoms with Crippen molar-refractivity contribution in [3.8, 4) is 0 Å². The molecule has 1 unspecified atom stereocenters. The molecule has 0 saturated carbocycles. The third-order valence-corrected chi connectivity index (χ3v) is 7.29. The summed E-state index contributed by atoms with van der Waals surface area (Å²) in [7, 11) is 0. The molecule has 1 aromatic carbocycles. The van der Waals surface area contributed by atoms with E-state index in [1.54, 1.807) is 40.1 Å². The number of amides is 2. The number of hydrogen-bond acceptors (Lipinski definition) is 8. The molecule has 0 aliphatic carbocycles. The summed E-state index contributed by atoms with van der Waals surface area (Å²) in [6.45, 7) is 4.71. The van der Waals surface area contributed by atoms with Crippen LogP contribution in [-0.4, -0.2) is 71.1 Å². The topological polar surface area (TPSA) is 115 Å². The van der Waals surface area contributed by atoms with E-state index in [9.17, 15) is 27.9 Å². The van der Waals surface area contributed by atoms with Crippen molar-refractivity contribution in [3.63, 3.8) is 0 Å². The molecule has 10 nitrogen and oxygen atoms in total. The normalized spacial score (nSPS) is 18.8. The van der Waals surface area contributed by atoms with Crippen molar-refractivity contribution in [2.24, 2.45) is 5.92 Å². The SMILES string of the molecule is CC1CCCN(c2nc(C(F)(F)F)c(C(=O)Nc3ccc(N4CCN(C(=O)[C@H](O)c5ccccc5)CC4)nc3)o2)C1. The van der Waals surface area contributed by atoms with Gasteiger partial charge in [0.1, 0.15) is 5.82 Å².